The maximum absolute atomic E-state index is 10.9. The van der Waals surface area contributed by atoms with Crippen molar-refractivity contribution in [3.8, 4) is 0 Å². The number of nitrogens with zero attached hydrogens (tertiary/aromatic N) is 3. The lowest BCUT2D eigenvalue weighted by Crippen LogP contribution is -2.29. The van der Waals surface area contributed by atoms with Gasteiger partial charge in [0.2, 0.25) is 5.95 Å². The topological polar surface area (TPSA) is 89.3 Å². The number of hydrogen-bond acceptors (Lipinski definition) is 5. The molecule has 1 fully saturated rings. The van der Waals surface area contributed by atoms with Crippen LogP contribution in [0.5, 0.6) is 0 Å². The molecule has 2 aliphatic heterocycles. The molecule has 0 amide bonds. The molecular formula is C10H14N4O3. The van der Waals surface area contributed by atoms with Crippen LogP contribution in [-0.4, -0.2) is 45.6 Å². The van der Waals surface area contributed by atoms with Gasteiger partial charge in [0.05, 0.1) is 12.6 Å². The summed E-state index contributed by atoms with van der Waals surface area (Å²) in [4.78, 5) is 14.8. The van der Waals surface area contributed by atoms with Crippen LogP contribution in [0.1, 0.15) is 29.5 Å². The van der Waals surface area contributed by atoms with Gasteiger partial charge in [-0.2, -0.15) is 4.98 Å². The lowest BCUT2D eigenvalue weighted by atomic mass is 9.95. The number of nitrogens with one attached hydrogen (secondary N) is 1. The van der Waals surface area contributed by atoms with E-state index in [2.05, 4.69) is 15.4 Å². The van der Waals surface area contributed by atoms with Gasteiger partial charge >= 0.3 is 5.97 Å². The molecule has 0 spiro atoms. The number of anilines is 1. The molecule has 0 aromatic carbocycles. The third-order valence-corrected chi connectivity index (χ3v) is 3.37. The Morgan fingerprint density at radius 3 is 3.12 bits per heavy atom. The largest absolute Gasteiger partial charge is 0.475 e. The average molecular weight is 238 g/mol. The zero-order valence-corrected chi connectivity index (χ0v) is 9.30. The quantitative estimate of drug-likeness (QED) is 0.773. The highest BCUT2D eigenvalue weighted by Crippen LogP contribution is 2.33. The van der Waals surface area contributed by atoms with E-state index in [1.807, 2.05) is 0 Å². The minimum atomic E-state index is -1.09. The van der Waals surface area contributed by atoms with Crippen molar-refractivity contribution in [2.75, 3.05) is 25.1 Å². The van der Waals surface area contributed by atoms with E-state index in [0.29, 0.717) is 11.9 Å². The second-order valence-corrected chi connectivity index (χ2v) is 4.42. The monoisotopic (exact) mass is 238 g/mol. The van der Waals surface area contributed by atoms with Crippen molar-refractivity contribution in [2.45, 2.75) is 18.9 Å². The summed E-state index contributed by atoms with van der Waals surface area (Å²) in [5, 5.41) is 16.0. The maximum Gasteiger partial charge on any atom is 0.375 e. The summed E-state index contributed by atoms with van der Waals surface area (Å²) in [7, 11) is 0. The molecular weight excluding hydrogens is 224 g/mol. The number of carboxylic acids is 1. The Labute approximate surface area is 97.8 Å². The normalized spacial score (nSPS) is 27.5. The molecule has 7 heteroatoms. The zero-order valence-electron chi connectivity index (χ0n) is 9.30. The first-order valence-electron chi connectivity index (χ1n) is 5.77. The SMILES string of the molecule is O=C(O)c1nc2n(n1)C(C1CCOC1)CCN2. The summed E-state index contributed by atoms with van der Waals surface area (Å²) in [5.74, 6) is -0.252. The van der Waals surface area contributed by atoms with Crippen LogP contribution in [0.15, 0.2) is 0 Å². The van der Waals surface area contributed by atoms with E-state index < -0.39 is 5.97 Å². The van der Waals surface area contributed by atoms with Crippen LogP contribution < -0.4 is 5.32 Å². The summed E-state index contributed by atoms with van der Waals surface area (Å²) in [5.41, 5.74) is 0. The van der Waals surface area contributed by atoms with Gasteiger partial charge < -0.3 is 15.2 Å². The molecule has 0 saturated carbocycles. The minimum absolute atomic E-state index is 0.140. The molecule has 0 radical (unpaired) electrons. The van der Waals surface area contributed by atoms with E-state index in [4.69, 9.17) is 9.84 Å². The molecule has 7 nitrogen and oxygen atoms in total. The predicted octanol–water partition coefficient (Wildman–Crippen LogP) is 0.369. The first-order chi connectivity index (χ1) is 8.25. The molecule has 2 aliphatic rings. The van der Waals surface area contributed by atoms with E-state index in [9.17, 15) is 4.79 Å². The predicted molar refractivity (Wildman–Crippen MR) is 58.1 cm³/mol. The van der Waals surface area contributed by atoms with Crippen molar-refractivity contribution in [1.82, 2.24) is 14.8 Å². The van der Waals surface area contributed by atoms with Crippen molar-refractivity contribution in [1.29, 1.82) is 0 Å². The summed E-state index contributed by atoms with van der Waals surface area (Å²) in [6.07, 6.45) is 1.94. The number of ether oxygens (including phenoxy) is 1. The molecule has 3 heterocycles. The molecule has 1 saturated heterocycles. The van der Waals surface area contributed by atoms with Crippen molar-refractivity contribution in [3.05, 3.63) is 5.82 Å². The standard InChI is InChI=1S/C10H14N4O3/c15-9(16)8-12-10-11-3-1-7(14(10)13-8)6-2-4-17-5-6/h6-7H,1-5H2,(H,15,16)(H,11,12,13). The van der Waals surface area contributed by atoms with E-state index in [-0.39, 0.29) is 11.9 Å². The van der Waals surface area contributed by atoms with Gasteiger partial charge in [0, 0.05) is 19.1 Å². The van der Waals surface area contributed by atoms with Gasteiger partial charge in [-0.15, -0.1) is 5.10 Å². The van der Waals surface area contributed by atoms with Crippen LogP contribution in [0.3, 0.4) is 0 Å². The smallest absolute Gasteiger partial charge is 0.375 e. The van der Waals surface area contributed by atoms with Crippen LogP contribution in [0.2, 0.25) is 0 Å². The molecule has 1 aromatic rings. The first kappa shape index (κ1) is 10.5. The fourth-order valence-corrected chi connectivity index (χ4v) is 2.51. The number of aromatic carboxylic acids is 1. The fourth-order valence-electron chi connectivity index (χ4n) is 2.51. The third kappa shape index (κ3) is 1.76. The number of fused-ring (bicyclic) bond motifs is 1. The van der Waals surface area contributed by atoms with E-state index >= 15 is 0 Å². The Morgan fingerprint density at radius 1 is 1.53 bits per heavy atom. The molecule has 2 unspecified atom stereocenters. The van der Waals surface area contributed by atoms with Crippen LogP contribution in [0.25, 0.3) is 0 Å². The van der Waals surface area contributed by atoms with Gasteiger partial charge in [0.15, 0.2) is 0 Å². The van der Waals surface area contributed by atoms with E-state index in [1.165, 1.54) is 0 Å². The summed E-state index contributed by atoms with van der Waals surface area (Å²) in [6.45, 7) is 2.32. The van der Waals surface area contributed by atoms with E-state index in [1.54, 1.807) is 4.68 Å². The van der Waals surface area contributed by atoms with Crippen molar-refractivity contribution < 1.29 is 14.6 Å². The highest BCUT2D eigenvalue weighted by Gasteiger charge is 2.33. The third-order valence-electron chi connectivity index (χ3n) is 3.37. The van der Waals surface area contributed by atoms with Gasteiger partial charge in [0.25, 0.3) is 5.82 Å². The number of rotatable bonds is 2. The highest BCUT2D eigenvalue weighted by atomic mass is 16.5. The lowest BCUT2D eigenvalue weighted by Gasteiger charge is -2.28. The Bertz CT molecular complexity index is 439. The van der Waals surface area contributed by atoms with Crippen LogP contribution in [-0.2, 0) is 4.74 Å². The molecule has 0 aliphatic carbocycles. The lowest BCUT2D eigenvalue weighted by molar-refractivity contribution is 0.0682. The summed E-state index contributed by atoms with van der Waals surface area (Å²) in [6, 6.07) is 0.203. The molecule has 92 valence electrons. The first-order valence-corrected chi connectivity index (χ1v) is 5.77. The second kappa shape index (κ2) is 3.99. The molecule has 0 bridgehead atoms. The number of hydrogen-bond donors (Lipinski definition) is 2. The van der Waals surface area contributed by atoms with Gasteiger partial charge in [-0.25, -0.2) is 9.48 Å². The Morgan fingerprint density at radius 2 is 2.41 bits per heavy atom. The van der Waals surface area contributed by atoms with Crippen molar-refractivity contribution in [2.24, 2.45) is 5.92 Å². The van der Waals surface area contributed by atoms with Crippen molar-refractivity contribution >= 4 is 11.9 Å². The van der Waals surface area contributed by atoms with Gasteiger partial charge in [0.1, 0.15) is 0 Å². The number of aromatic nitrogens is 3. The van der Waals surface area contributed by atoms with Crippen LogP contribution in [0, 0.1) is 5.92 Å². The summed E-state index contributed by atoms with van der Waals surface area (Å²) >= 11 is 0. The minimum Gasteiger partial charge on any atom is -0.475 e. The Kier molecular flexibility index (Phi) is 2.47. The summed E-state index contributed by atoms with van der Waals surface area (Å²) < 4.78 is 7.10. The molecule has 2 atom stereocenters. The molecule has 17 heavy (non-hydrogen) atoms. The zero-order chi connectivity index (χ0) is 11.8. The van der Waals surface area contributed by atoms with Crippen LogP contribution in [0.4, 0.5) is 5.95 Å². The van der Waals surface area contributed by atoms with Gasteiger partial charge in [-0.3, -0.25) is 0 Å². The number of carbonyl (C=O) groups is 1. The van der Waals surface area contributed by atoms with Crippen LogP contribution >= 0.6 is 0 Å². The average Bonchev–Trinajstić information content (AvgIpc) is 2.97. The molecule has 2 N–H and O–H groups in total. The van der Waals surface area contributed by atoms with Gasteiger partial charge in [-0.1, -0.05) is 0 Å². The fraction of sp³-hybridized carbons (Fsp3) is 0.700. The molecule has 1 aromatic heterocycles. The second-order valence-electron chi connectivity index (χ2n) is 4.42. The Balaban J connectivity index is 1.92. The highest BCUT2D eigenvalue weighted by molar-refractivity contribution is 5.83. The Hall–Kier alpha value is -1.63. The molecule has 3 rings (SSSR count). The van der Waals surface area contributed by atoms with E-state index in [0.717, 1.165) is 32.6 Å². The van der Waals surface area contributed by atoms with Gasteiger partial charge in [-0.05, 0) is 12.8 Å². The van der Waals surface area contributed by atoms with Crippen molar-refractivity contribution in [3.63, 3.8) is 0 Å². The number of carboxylic acid groups (broad SMARTS) is 1. The maximum atomic E-state index is 10.9.